The molecule has 0 radical (unpaired) electrons. The van der Waals surface area contributed by atoms with Crippen LogP contribution in [0.4, 0.5) is 0 Å². The minimum absolute atomic E-state index is 0.190. The molecule has 7 heteroatoms. The van der Waals surface area contributed by atoms with Gasteiger partial charge in [0.25, 0.3) is 0 Å². The van der Waals surface area contributed by atoms with Crippen LogP contribution in [-0.2, 0) is 24.9 Å². The van der Waals surface area contributed by atoms with Crippen LogP contribution in [0.15, 0.2) is 7.99 Å². The van der Waals surface area contributed by atoms with Crippen molar-refractivity contribution in [2.45, 2.75) is 22.3 Å². The summed E-state index contributed by atoms with van der Waals surface area (Å²) in [5.74, 6) is 0. The third-order valence-electron chi connectivity index (χ3n) is 2.02. The maximum absolute atomic E-state index is 8.16. The quantitative estimate of drug-likeness (QED) is 0.327. The SMILES string of the molecule is C[C@@]1(N=[N+]=[N-])C[C@@H]1[Hg][N]=[N+]=[N-]. The van der Waals surface area contributed by atoms with Crippen LogP contribution in [0.3, 0.4) is 0 Å². The van der Waals surface area contributed by atoms with Gasteiger partial charge in [-0.25, -0.2) is 0 Å². The second-order valence-corrected chi connectivity index (χ2v) is 9.21. The van der Waals surface area contributed by atoms with Crippen molar-refractivity contribution in [1.29, 1.82) is 0 Å². The van der Waals surface area contributed by atoms with Crippen molar-refractivity contribution in [3.8, 4) is 0 Å². The molecule has 0 aromatic carbocycles. The molecule has 0 bridgehead atoms. The van der Waals surface area contributed by atoms with Gasteiger partial charge in [-0.2, -0.15) is 0 Å². The molecule has 2 atom stereocenters. The van der Waals surface area contributed by atoms with E-state index >= 15 is 0 Å². The second-order valence-electron chi connectivity index (χ2n) is 2.86. The molecule has 0 aromatic rings. The fourth-order valence-corrected chi connectivity index (χ4v) is 6.73. The summed E-state index contributed by atoms with van der Waals surface area (Å²) in [6.45, 7) is 1.92. The van der Waals surface area contributed by atoms with Crippen LogP contribution in [0, 0.1) is 0 Å². The predicted molar refractivity (Wildman–Crippen MR) is 35.1 cm³/mol. The molecule has 0 N–H and O–H groups in total. The molecule has 0 heterocycles. The monoisotopic (exact) mass is 340 g/mol. The molecular weight excluding hydrogens is 333 g/mol. The Morgan fingerprint density at radius 3 is 2.82 bits per heavy atom. The van der Waals surface area contributed by atoms with Gasteiger partial charge in [-0.1, -0.05) is 0 Å². The van der Waals surface area contributed by atoms with E-state index in [2.05, 4.69) is 17.8 Å². The fraction of sp³-hybridized carbons (Fsp3) is 1.00. The zero-order valence-electron chi connectivity index (χ0n) is 6.17. The van der Waals surface area contributed by atoms with Gasteiger partial charge in [0.05, 0.1) is 0 Å². The van der Waals surface area contributed by atoms with E-state index in [1.54, 1.807) is 0 Å². The van der Waals surface area contributed by atoms with Crippen LogP contribution >= 0.6 is 0 Å². The molecule has 1 rings (SSSR count). The van der Waals surface area contributed by atoms with Gasteiger partial charge in [-0.3, -0.25) is 0 Å². The topological polar surface area (TPSA) is 97.5 Å². The fourth-order valence-electron chi connectivity index (χ4n) is 1.06. The van der Waals surface area contributed by atoms with Crippen molar-refractivity contribution < 1.29 is 24.9 Å². The third-order valence-corrected chi connectivity index (χ3v) is 9.40. The molecule has 1 aliphatic carbocycles. The summed E-state index contributed by atoms with van der Waals surface area (Å²) in [7, 11) is 0. The van der Waals surface area contributed by atoms with Crippen molar-refractivity contribution in [2.24, 2.45) is 7.99 Å². The van der Waals surface area contributed by atoms with E-state index in [0.29, 0.717) is 3.43 Å². The zero-order valence-corrected chi connectivity index (χ0v) is 11.7. The van der Waals surface area contributed by atoms with Gasteiger partial charge in [-0.15, -0.1) is 0 Å². The Hall–Kier alpha value is -0.445. The van der Waals surface area contributed by atoms with Crippen molar-refractivity contribution in [3.63, 3.8) is 0 Å². The predicted octanol–water partition coefficient (Wildman–Crippen LogP) is 2.56. The number of rotatable bonds is 3. The molecule has 0 spiro atoms. The van der Waals surface area contributed by atoms with E-state index in [1.165, 1.54) is 0 Å². The molecule has 0 aromatic heterocycles. The summed E-state index contributed by atoms with van der Waals surface area (Å²) in [5, 5.41) is 3.66. The number of hydrogen-bond acceptors (Lipinski definition) is 2. The van der Waals surface area contributed by atoms with E-state index in [9.17, 15) is 0 Å². The molecule has 0 unspecified atom stereocenters. The Kier molecular flexibility index (Phi) is 2.60. The summed E-state index contributed by atoms with van der Waals surface area (Å²) in [5.41, 5.74) is 16.0. The van der Waals surface area contributed by atoms with Gasteiger partial charge in [0.15, 0.2) is 0 Å². The van der Waals surface area contributed by atoms with Crippen molar-refractivity contribution in [2.75, 3.05) is 0 Å². The molecule has 0 amide bonds. The van der Waals surface area contributed by atoms with Gasteiger partial charge in [-0.05, 0) is 0 Å². The summed E-state index contributed by atoms with van der Waals surface area (Å²) in [6.07, 6.45) is 0.928. The molecule has 1 saturated carbocycles. The average molecular weight is 339 g/mol. The first-order valence-corrected chi connectivity index (χ1v) is 8.93. The second kappa shape index (κ2) is 3.30. The molecule has 1 fully saturated rings. The number of hydrogen-bond donors (Lipinski definition) is 0. The summed E-state index contributed by atoms with van der Waals surface area (Å²) < 4.78 is 4.10. The van der Waals surface area contributed by atoms with Crippen LogP contribution in [0.25, 0.3) is 20.9 Å². The summed E-state index contributed by atoms with van der Waals surface area (Å²) in [6, 6.07) is 0. The van der Waals surface area contributed by atoms with Crippen molar-refractivity contribution in [3.05, 3.63) is 20.9 Å². The van der Waals surface area contributed by atoms with Gasteiger partial charge in [0.2, 0.25) is 0 Å². The molecule has 0 aliphatic heterocycles. The third kappa shape index (κ3) is 1.99. The molecule has 54 valence electrons. The van der Waals surface area contributed by atoms with E-state index in [4.69, 9.17) is 11.1 Å². The van der Waals surface area contributed by atoms with Crippen molar-refractivity contribution >= 4 is 0 Å². The van der Waals surface area contributed by atoms with Crippen LogP contribution in [-0.4, -0.2) is 5.54 Å². The Labute approximate surface area is 76.1 Å². The summed E-state index contributed by atoms with van der Waals surface area (Å²) in [4.78, 5) is 5.48. The van der Waals surface area contributed by atoms with Gasteiger partial charge >= 0.3 is 76.1 Å². The number of azide groups is 2. The van der Waals surface area contributed by atoms with Crippen LogP contribution in [0.1, 0.15) is 13.3 Å². The first kappa shape index (κ1) is 8.65. The van der Waals surface area contributed by atoms with Crippen molar-refractivity contribution in [1.82, 2.24) is 0 Å². The molecule has 1 aliphatic rings. The normalized spacial score (nSPS) is 32.6. The van der Waals surface area contributed by atoms with Crippen LogP contribution < -0.4 is 0 Å². The van der Waals surface area contributed by atoms with Crippen LogP contribution in [0.2, 0.25) is 3.43 Å². The Bertz CT molecular complexity index is 251. The van der Waals surface area contributed by atoms with E-state index in [0.717, 1.165) is 6.42 Å². The average Bonchev–Trinajstić information content (AvgIpc) is 2.58. The first-order chi connectivity index (χ1) is 5.23. The Balaban J connectivity index is 2.46. The number of nitrogens with zero attached hydrogens (tertiary/aromatic N) is 6. The van der Waals surface area contributed by atoms with E-state index < -0.39 is 24.9 Å². The maximum atomic E-state index is 8.16. The van der Waals surface area contributed by atoms with Crippen LogP contribution in [0.5, 0.6) is 0 Å². The zero-order chi connectivity index (χ0) is 8.32. The first-order valence-electron chi connectivity index (χ1n) is 3.30. The van der Waals surface area contributed by atoms with Gasteiger partial charge in [0, 0.05) is 0 Å². The molecule has 6 nitrogen and oxygen atoms in total. The molecule has 11 heavy (non-hydrogen) atoms. The van der Waals surface area contributed by atoms with E-state index in [-0.39, 0.29) is 5.54 Å². The Morgan fingerprint density at radius 1 is 1.55 bits per heavy atom. The van der Waals surface area contributed by atoms with Gasteiger partial charge < -0.3 is 0 Å². The molecule has 0 saturated heterocycles. The summed E-state index contributed by atoms with van der Waals surface area (Å²) >= 11 is -1.42. The Morgan fingerprint density at radius 2 is 2.27 bits per heavy atom. The standard InChI is InChI=1S/C4H6N3.Hg.N3/c1-4(2-3-4)6-7-5;;1-3-2/h2H,3H2,1H3;;/q;+1;-1/t4-;;/m0../s1. The van der Waals surface area contributed by atoms with Gasteiger partial charge in [0.1, 0.15) is 0 Å². The molecular formula is C4H6HgN6. The minimum atomic E-state index is -1.42. The van der Waals surface area contributed by atoms with E-state index in [1.807, 2.05) is 6.92 Å².